The second kappa shape index (κ2) is 8.68. The summed E-state index contributed by atoms with van der Waals surface area (Å²) >= 11 is 5.99. The van der Waals surface area contributed by atoms with Gasteiger partial charge in [0, 0.05) is 49.0 Å². The van der Waals surface area contributed by atoms with E-state index >= 15 is 0 Å². The van der Waals surface area contributed by atoms with Gasteiger partial charge in [-0.2, -0.15) is 0 Å². The van der Waals surface area contributed by atoms with Crippen LogP contribution in [-0.2, 0) is 0 Å². The number of anilines is 1. The van der Waals surface area contributed by atoms with E-state index in [-0.39, 0.29) is 17.0 Å². The second-order valence-electron chi connectivity index (χ2n) is 6.00. The van der Waals surface area contributed by atoms with Gasteiger partial charge in [-0.1, -0.05) is 11.6 Å². The quantitative estimate of drug-likeness (QED) is 0.598. The highest BCUT2D eigenvalue weighted by atomic mass is 35.5. The lowest BCUT2D eigenvalue weighted by atomic mass is 10.1. The Morgan fingerprint density at radius 3 is 2.46 bits per heavy atom. The normalized spacial score (nSPS) is 13.7. The number of amides is 2. The van der Waals surface area contributed by atoms with E-state index in [0.29, 0.717) is 36.9 Å². The maximum absolute atomic E-state index is 12.6. The Labute approximate surface area is 165 Å². The molecule has 2 amide bonds. The summed E-state index contributed by atoms with van der Waals surface area (Å²) in [5, 5.41) is 16.8. The van der Waals surface area contributed by atoms with Crippen LogP contribution in [0.2, 0.25) is 5.02 Å². The molecule has 1 saturated heterocycles. The van der Waals surface area contributed by atoms with Crippen LogP contribution in [0.4, 0.5) is 16.2 Å². The van der Waals surface area contributed by atoms with E-state index in [1.807, 2.05) is 0 Å². The van der Waals surface area contributed by atoms with Crippen LogP contribution in [0.1, 0.15) is 10.4 Å². The lowest BCUT2D eigenvalue weighted by molar-refractivity contribution is -0.384. The minimum atomic E-state index is -0.556. The highest BCUT2D eigenvalue weighted by Crippen LogP contribution is 2.25. The number of nitro groups is 1. The van der Waals surface area contributed by atoms with Crippen LogP contribution in [0, 0.1) is 10.1 Å². The Balaban J connectivity index is 1.76. The molecule has 0 spiro atoms. The van der Waals surface area contributed by atoms with Gasteiger partial charge in [-0.3, -0.25) is 14.9 Å². The Kier molecular flexibility index (Phi) is 6.07. The van der Waals surface area contributed by atoms with E-state index in [1.165, 1.54) is 42.5 Å². The fourth-order valence-electron chi connectivity index (χ4n) is 2.64. The summed E-state index contributed by atoms with van der Waals surface area (Å²) in [6, 6.07) is 9.73. The molecule has 0 aromatic heterocycles. The van der Waals surface area contributed by atoms with Crippen LogP contribution in [-0.4, -0.2) is 48.0 Å². The maximum atomic E-state index is 12.6. The third kappa shape index (κ3) is 4.76. The van der Waals surface area contributed by atoms with Gasteiger partial charge in [0.15, 0.2) is 0 Å². The molecule has 0 unspecified atom stereocenters. The third-order valence-electron chi connectivity index (χ3n) is 4.09. The number of hydrogen-bond donors (Lipinski definition) is 2. The molecule has 2 aromatic rings. The standard InChI is InChI=1S/C18H17ClN4O5/c19-12-1-6-16(28-18(25)22-9-7-20-8-10-22)15(11-12)17(24)21-13-2-4-14(5-3-13)23(26)27/h1-6,11,20H,7-10H2,(H,21,24). The minimum absolute atomic E-state index is 0.0762. The van der Waals surface area contributed by atoms with Crippen LogP contribution in [0.5, 0.6) is 5.75 Å². The number of carbonyl (C=O) groups excluding carboxylic acids is 2. The molecule has 1 heterocycles. The SMILES string of the molecule is O=C(Nc1ccc([N+](=O)[O-])cc1)c1cc(Cl)ccc1OC(=O)N1CCNCC1. The summed E-state index contributed by atoms with van der Waals surface area (Å²) in [5.74, 6) is -0.480. The predicted molar refractivity (Wildman–Crippen MR) is 103 cm³/mol. The molecule has 1 aliphatic heterocycles. The highest BCUT2D eigenvalue weighted by molar-refractivity contribution is 6.31. The van der Waals surface area contributed by atoms with Crippen molar-refractivity contribution < 1.29 is 19.2 Å². The van der Waals surface area contributed by atoms with E-state index in [1.54, 1.807) is 4.90 Å². The molecule has 146 valence electrons. The van der Waals surface area contributed by atoms with Crippen LogP contribution >= 0.6 is 11.6 Å². The number of carbonyl (C=O) groups is 2. The fourth-order valence-corrected chi connectivity index (χ4v) is 2.81. The van der Waals surface area contributed by atoms with Gasteiger partial charge in [-0.05, 0) is 30.3 Å². The zero-order valence-corrected chi connectivity index (χ0v) is 15.4. The second-order valence-corrected chi connectivity index (χ2v) is 6.44. The Morgan fingerprint density at radius 2 is 1.82 bits per heavy atom. The molecule has 0 bridgehead atoms. The average Bonchev–Trinajstić information content (AvgIpc) is 2.70. The molecule has 2 N–H and O–H groups in total. The zero-order chi connectivity index (χ0) is 20.1. The lowest BCUT2D eigenvalue weighted by Gasteiger charge is -2.26. The van der Waals surface area contributed by atoms with E-state index in [2.05, 4.69) is 10.6 Å². The number of nitrogens with zero attached hydrogens (tertiary/aromatic N) is 2. The van der Waals surface area contributed by atoms with Gasteiger partial charge in [0.05, 0.1) is 10.5 Å². The number of benzene rings is 2. The molecule has 2 aromatic carbocycles. The topological polar surface area (TPSA) is 114 Å². The molecular weight excluding hydrogens is 388 g/mol. The van der Waals surface area contributed by atoms with Gasteiger partial charge < -0.3 is 20.3 Å². The summed E-state index contributed by atoms with van der Waals surface area (Å²) in [6.45, 7) is 2.36. The first kappa shape index (κ1) is 19.6. The van der Waals surface area contributed by atoms with Crippen LogP contribution < -0.4 is 15.4 Å². The summed E-state index contributed by atoms with van der Waals surface area (Å²) in [7, 11) is 0. The van der Waals surface area contributed by atoms with Crippen molar-refractivity contribution in [2.24, 2.45) is 0 Å². The van der Waals surface area contributed by atoms with Crippen molar-refractivity contribution in [1.29, 1.82) is 0 Å². The molecular formula is C18H17ClN4O5. The molecule has 10 heteroatoms. The van der Waals surface area contributed by atoms with Gasteiger partial charge in [-0.25, -0.2) is 4.79 Å². The van der Waals surface area contributed by atoms with Crippen molar-refractivity contribution in [1.82, 2.24) is 10.2 Å². The monoisotopic (exact) mass is 404 g/mol. The molecule has 0 saturated carbocycles. The molecule has 0 atom stereocenters. The van der Waals surface area contributed by atoms with E-state index in [4.69, 9.17) is 16.3 Å². The minimum Gasteiger partial charge on any atom is -0.409 e. The number of ether oxygens (including phenoxy) is 1. The lowest BCUT2D eigenvalue weighted by Crippen LogP contribution is -2.47. The van der Waals surface area contributed by atoms with Crippen LogP contribution in [0.15, 0.2) is 42.5 Å². The van der Waals surface area contributed by atoms with Gasteiger partial charge >= 0.3 is 6.09 Å². The number of piperazine rings is 1. The summed E-state index contributed by atoms with van der Waals surface area (Å²) in [4.78, 5) is 36.7. The molecule has 9 nitrogen and oxygen atoms in total. The van der Waals surface area contributed by atoms with Gasteiger partial charge in [0.2, 0.25) is 0 Å². The summed E-state index contributed by atoms with van der Waals surface area (Å²) in [6.07, 6.45) is -0.548. The molecule has 1 fully saturated rings. The van der Waals surface area contributed by atoms with Crippen molar-refractivity contribution in [2.75, 3.05) is 31.5 Å². The fraction of sp³-hybridized carbons (Fsp3) is 0.222. The van der Waals surface area contributed by atoms with Gasteiger partial charge in [0.25, 0.3) is 11.6 Å². The number of hydrogen-bond acceptors (Lipinski definition) is 6. The maximum Gasteiger partial charge on any atom is 0.415 e. The van der Waals surface area contributed by atoms with Crippen molar-refractivity contribution in [2.45, 2.75) is 0 Å². The first-order valence-electron chi connectivity index (χ1n) is 8.47. The van der Waals surface area contributed by atoms with Gasteiger partial charge in [0.1, 0.15) is 5.75 Å². The number of nitrogens with one attached hydrogen (secondary N) is 2. The van der Waals surface area contributed by atoms with E-state index in [0.717, 1.165) is 0 Å². The smallest absolute Gasteiger partial charge is 0.409 e. The van der Waals surface area contributed by atoms with Crippen molar-refractivity contribution in [3.63, 3.8) is 0 Å². The Morgan fingerprint density at radius 1 is 1.14 bits per heavy atom. The predicted octanol–water partition coefficient (Wildman–Crippen LogP) is 2.90. The first-order valence-corrected chi connectivity index (χ1v) is 8.84. The average molecular weight is 405 g/mol. The van der Waals surface area contributed by atoms with Crippen molar-refractivity contribution >= 4 is 35.0 Å². The van der Waals surface area contributed by atoms with E-state index in [9.17, 15) is 19.7 Å². The molecule has 3 rings (SSSR count). The molecule has 0 radical (unpaired) electrons. The largest absolute Gasteiger partial charge is 0.415 e. The summed E-state index contributed by atoms with van der Waals surface area (Å²) in [5.41, 5.74) is 0.343. The van der Waals surface area contributed by atoms with E-state index < -0.39 is 16.9 Å². The molecule has 1 aliphatic rings. The Hall–Kier alpha value is -3.17. The van der Waals surface area contributed by atoms with Crippen molar-refractivity contribution in [3.05, 3.63) is 63.2 Å². The number of rotatable bonds is 4. The highest BCUT2D eigenvalue weighted by Gasteiger charge is 2.22. The molecule has 0 aliphatic carbocycles. The third-order valence-corrected chi connectivity index (χ3v) is 4.33. The van der Waals surface area contributed by atoms with Crippen LogP contribution in [0.25, 0.3) is 0 Å². The molecule has 28 heavy (non-hydrogen) atoms. The first-order chi connectivity index (χ1) is 13.4. The Bertz CT molecular complexity index is 897. The summed E-state index contributed by atoms with van der Waals surface area (Å²) < 4.78 is 5.40. The van der Waals surface area contributed by atoms with Crippen molar-refractivity contribution in [3.8, 4) is 5.75 Å². The van der Waals surface area contributed by atoms with Gasteiger partial charge in [-0.15, -0.1) is 0 Å². The zero-order valence-electron chi connectivity index (χ0n) is 14.7. The number of nitro benzene ring substituents is 1. The number of halogens is 1. The number of non-ortho nitro benzene ring substituents is 1. The van der Waals surface area contributed by atoms with Crippen LogP contribution in [0.3, 0.4) is 0 Å².